The number of H-pyrrole nitrogens is 1. The fourth-order valence-electron chi connectivity index (χ4n) is 2.36. The Morgan fingerprint density at radius 3 is 2.71 bits per heavy atom. The van der Waals surface area contributed by atoms with E-state index in [2.05, 4.69) is 28.3 Å². The Morgan fingerprint density at radius 2 is 1.94 bits per heavy atom. The second-order valence-corrected chi connectivity index (χ2v) is 4.40. The minimum atomic E-state index is 0.759. The van der Waals surface area contributed by atoms with Crippen LogP contribution in [0.2, 0.25) is 0 Å². The van der Waals surface area contributed by atoms with Crippen LogP contribution in [0.25, 0.3) is 11.3 Å². The maximum atomic E-state index is 8.82. The van der Waals surface area contributed by atoms with Crippen molar-refractivity contribution in [1.82, 2.24) is 4.98 Å². The van der Waals surface area contributed by atoms with Crippen molar-refractivity contribution < 1.29 is 5.21 Å². The standard InChI is InChI=1S/C14H14N2O/c17-16-12-6-7-13-11(8-12)9-14(15-13)10-4-2-1-3-5-10/h1-5,9,15,17H,6-8H2/b16-12+. The van der Waals surface area contributed by atoms with E-state index in [-0.39, 0.29) is 0 Å². The van der Waals surface area contributed by atoms with Crippen LogP contribution in [-0.2, 0) is 12.8 Å². The maximum Gasteiger partial charge on any atom is 0.0619 e. The quantitative estimate of drug-likeness (QED) is 0.570. The molecule has 2 aromatic rings. The number of nitrogens with zero attached hydrogens (tertiary/aromatic N) is 1. The molecule has 0 amide bonds. The average Bonchev–Trinajstić information content (AvgIpc) is 2.82. The van der Waals surface area contributed by atoms with Crippen LogP contribution in [0, 0.1) is 0 Å². The smallest absolute Gasteiger partial charge is 0.0619 e. The Bertz CT molecular complexity index is 555. The zero-order chi connectivity index (χ0) is 11.7. The largest absolute Gasteiger partial charge is 0.411 e. The van der Waals surface area contributed by atoms with Gasteiger partial charge in [-0.25, -0.2) is 0 Å². The molecule has 3 rings (SSSR count). The second-order valence-electron chi connectivity index (χ2n) is 4.40. The molecule has 1 aromatic carbocycles. The van der Waals surface area contributed by atoms with Gasteiger partial charge >= 0.3 is 0 Å². The van der Waals surface area contributed by atoms with Crippen molar-refractivity contribution >= 4 is 5.71 Å². The minimum Gasteiger partial charge on any atom is -0.411 e. The van der Waals surface area contributed by atoms with Gasteiger partial charge in [-0.3, -0.25) is 0 Å². The molecule has 17 heavy (non-hydrogen) atoms. The lowest BCUT2D eigenvalue weighted by atomic mass is 9.96. The number of oxime groups is 1. The molecular formula is C14H14N2O. The van der Waals surface area contributed by atoms with Gasteiger partial charge in [-0.1, -0.05) is 35.5 Å². The third-order valence-corrected chi connectivity index (χ3v) is 3.28. The summed E-state index contributed by atoms with van der Waals surface area (Å²) >= 11 is 0. The molecule has 0 bridgehead atoms. The Hall–Kier alpha value is -2.03. The van der Waals surface area contributed by atoms with E-state index in [1.807, 2.05) is 18.2 Å². The predicted octanol–water partition coefficient (Wildman–Crippen LogP) is 3.00. The molecule has 1 aliphatic carbocycles. The molecule has 0 radical (unpaired) electrons. The van der Waals surface area contributed by atoms with E-state index in [4.69, 9.17) is 5.21 Å². The van der Waals surface area contributed by atoms with Crippen LogP contribution >= 0.6 is 0 Å². The van der Waals surface area contributed by atoms with E-state index < -0.39 is 0 Å². The van der Waals surface area contributed by atoms with Crippen molar-refractivity contribution in [1.29, 1.82) is 0 Å². The highest BCUT2D eigenvalue weighted by molar-refractivity contribution is 5.88. The summed E-state index contributed by atoms with van der Waals surface area (Å²) in [5.74, 6) is 0. The summed E-state index contributed by atoms with van der Waals surface area (Å²) in [6.07, 6.45) is 2.54. The zero-order valence-electron chi connectivity index (χ0n) is 9.48. The summed E-state index contributed by atoms with van der Waals surface area (Å²) < 4.78 is 0. The number of aromatic amines is 1. The van der Waals surface area contributed by atoms with Crippen molar-refractivity contribution in [2.75, 3.05) is 0 Å². The van der Waals surface area contributed by atoms with Crippen molar-refractivity contribution in [2.45, 2.75) is 19.3 Å². The Morgan fingerprint density at radius 1 is 1.12 bits per heavy atom. The molecule has 0 atom stereocenters. The lowest BCUT2D eigenvalue weighted by Crippen LogP contribution is -2.12. The van der Waals surface area contributed by atoms with E-state index in [0.717, 1.165) is 30.7 Å². The number of hydrogen-bond acceptors (Lipinski definition) is 2. The number of aryl methyl sites for hydroxylation is 1. The van der Waals surface area contributed by atoms with Crippen LogP contribution in [0.1, 0.15) is 17.7 Å². The van der Waals surface area contributed by atoms with Crippen LogP contribution in [0.15, 0.2) is 41.6 Å². The first-order chi connectivity index (χ1) is 8.36. The first-order valence-corrected chi connectivity index (χ1v) is 5.83. The number of hydrogen-bond donors (Lipinski definition) is 2. The van der Waals surface area contributed by atoms with Crippen LogP contribution in [0.5, 0.6) is 0 Å². The molecule has 2 N–H and O–H groups in total. The topological polar surface area (TPSA) is 48.4 Å². The maximum absolute atomic E-state index is 8.82. The van der Waals surface area contributed by atoms with Gasteiger partial charge in [0.15, 0.2) is 0 Å². The molecule has 3 nitrogen and oxygen atoms in total. The number of aromatic nitrogens is 1. The number of nitrogens with one attached hydrogen (secondary N) is 1. The monoisotopic (exact) mass is 226 g/mol. The molecule has 0 saturated heterocycles. The van der Waals surface area contributed by atoms with E-state index in [1.54, 1.807) is 0 Å². The molecule has 0 aliphatic heterocycles. The Kier molecular flexibility index (Phi) is 2.44. The van der Waals surface area contributed by atoms with Crippen molar-refractivity contribution in [2.24, 2.45) is 5.16 Å². The summed E-state index contributed by atoms with van der Waals surface area (Å²) in [6, 6.07) is 12.4. The lowest BCUT2D eigenvalue weighted by molar-refractivity contribution is 0.316. The molecule has 0 spiro atoms. The van der Waals surface area contributed by atoms with E-state index in [1.165, 1.54) is 16.8 Å². The number of fused-ring (bicyclic) bond motifs is 1. The summed E-state index contributed by atoms with van der Waals surface area (Å²) in [6.45, 7) is 0. The summed E-state index contributed by atoms with van der Waals surface area (Å²) in [4.78, 5) is 3.46. The van der Waals surface area contributed by atoms with Gasteiger partial charge in [0.25, 0.3) is 0 Å². The molecule has 1 aromatic heterocycles. The molecule has 0 fully saturated rings. The molecule has 3 heteroatoms. The molecule has 0 unspecified atom stereocenters. The number of benzene rings is 1. The van der Waals surface area contributed by atoms with Gasteiger partial charge in [0.2, 0.25) is 0 Å². The van der Waals surface area contributed by atoms with Crippen molar-refractivity contribution in [3.05, 3.63) is 47.7 Å². The fraction of sp³-hybridized carbons (Fsp3) is 0.214. The van der Waals surface area contributed by atoms with Gasteiger partial charge in [0.05, 0.1) is 5.71 Å². The van der Waals surface area contributed by atoms with Crippen LogP contribution in [0.3, 0.4) is 0 Å². The summed E-state index contributed by atoms with van der Waals surface area (Å²) in [5.41, 5.74) is 5.74. The Labute approximate surface area is 99.8 Å². The third-order valence-electron chi connectivity index (χ3n) is 3.28. The van der Waals surface area contributed by atoms with Crippen molar-refractivity contribution in [3.8, 4) is 11.3 Å². The molecule has 1 aliphatic rings. The van der Waals surface area contributed by atoms with Crippen molar-refractivity contribution in [3.63, 3.8) is 0 Å². The highest BCUT2D eigenvalue weighted by Crippen LogP contribution is 2.26. The SMILES string of the molecule is O/N=C1\CCc2[nH]c(-c3ccccc3)cc2C1. The van der Waals surface area contributed by atoms with Gasteiger partial charge in [0, 0.05) is 17.8 Å². The highest BCUT2D eigenvalue weighted by Gasteiger charge is 2.17. The summed E-state index contributed by atoms with van der Waals surface area (Å²) in [7, 11) is 0. The van der Waals surface area contributed by atoms with Gasteiger partial charge in [-0.15, -0.1) is 0 Å². The van der Waals surface area contributed by atoms with E-state index in [9.17, 15) is 0 Å². The minimum absolute atomic E-state index is 0.759. The van der Waals surface area contributed by atoms with Gasteiger partial charge in [-0.2, -0.15) is 0 Å². The molecule has 0 saturated carbocycles. The molecule has 1 heterocycles. The fourth-order valence-corrected chi connectivity index (χ4v) is 2.36. The van der Waals surface area contributed by atoms with E-state index in [0.29, 0.717) is 0 Å². The highest BCUT2D eigenvalue weighted by atomic mass is 16.4. The van der Waals surface area contributed by atoms with Crippen LogP contribution in [0.4, 0.5) is 0 Å². The van der Waals surface area contributed by atoms with Gasteiger partial charge in [-0.05, 0) is 30.0 Å². The first kappa shape index (κ1) is 10.1. The third kappa shape index (κ3) is 1.84. The average molecular weight is 226 g/mol. The van der Waals surface area contributed by atoms with Gasteiger partial charge < -0.3 is 10.2 Å². The predicted molar refractivity (Wildman–Crippen MR) is 67.5 cm³/mol. The van der Waals surface area contributed by atoms with E-state index >= 15 is 0 Å². The second kappa shape index (κ2) is 4.09. The van der Waals surface area contributed by atoms with Crippen LogP contribution in [-0.4, -0.2) is 15.9 Å². The zero-order valence-corrected chi connectivity index (χ0v) is 9.48. The van der Waals surface area contributed by atoms with Crippen LogP contribution < -0.4 is 0 Å². The van der Waals surface area contributed by atoms with Gasteiger partial charge in [0.1, 0.15) is 0 Å². The normalized spacial score (nSPS) is 17.1. The Balaban J connectivity index is 1.98. The molecule has 86 valence electrons. The summed E-state index contributed by atoms with van der Waals surface area (Å²) in [5, 5.41) is 12.1. The molecular weight excluding hydrogens is 212 g/mol. The number of rotatable bonds is 1. The first-order valence-electron chi connectivity index (χ1n) is 5.83. The lowest BCUT2D eigenvalue weighted by Gasteiger charge is -2.11.